The van der Waals surface area contributed by atoms with E-state index < -0.39 is 0 Å². The van der Waals surface area contributed by atoms with Crippen molar-refractivity contribution in [2.45, 2.75) is 56.8 Å². The lowest BCUT2D eigenvalue weighted by Crippen LogP contribution is -2.48. The summed E-state index contributed by atoms with van der Waals surface area (Å²) in [5, 5.41) is 6.75. The molecular weight excluding hydrogens is 300 g/mol. The molecule has 2 atom stereocenters. The topological polar surface area (TPSA) is 50.4 Å². The fourth-order valence-corrected chi connectivity index (χ4v) is 3.40. The molecule has 2 aliphatic rings. The Balaban J connectivity index is 0.00000176. The van der Waals surface area contributed by atoms with E-state index in [4.69, 9.17) is 4.74 Å². The summed E-state index contributed by atoms with van der Waals surface area (Å²) in [6, 6.07) is 11.6. The Morgan fingerprint density at radius 2 is 1.86 bits per heavy atom. The van der Waals surface area contributed by atoms with Gasteiger partial charge in [-0.3, -0.25) is 4.79 Å². The molecule has 0 radical (unpaired) electrons. The molecule has 22 heavy (non-hydrogen) atoms. The van der Waals surface area contributed by atoms with E-state index in [9.17, 15) is 4.79 Å². The number of carbonyl (C=O) groups is 1. The van der Waals surface area contributed by atoms with Gasteiger partial charge in [0.1, 0.15) is 0 Å². The van der Waals surface area contributed by atoms with Gasteiger partial charge >= 0.3 is 0 Å². The molecule has 0 aliphatic carbocycles. The van der Waals surface area contributed by atoms with Gasteiger partial charge in [0.2, 0.25) is 5.91 Å². The van der Waals surface area contributed by atoms with Crippen molar-refractivity contribution in [3.63, 3.8) is 0 Å². The maximum Gasteiger partial charge on any atom is 0.222 e. The van der Waals surface area contributed by atoms with E-state index >= 15 is 0 Å². The Bertz CT molecular complexity index is 457. The van der Waals surface area contributed by atoms with Crippen molar-refractivity contribution in [1.82, 2.24) is 10.6 Å². The fraction of sp³-hybridized carbons (Fsp3) is 0.588. The van der Waals surface area contributed by atoms with Gasteiger partial charge in [0, 0.05) is 24.5 Å². The number of hydrogen-bond donors (Lipinski definition) is 2. The van der Waals surface area contributed by atoms with Gasteiger partial charge in [-0.25, -0.2) is 0 Å². The van der Waals surface area contributed by atoms with Gasteiger partial charge in [-0.15, -0.1) is 12.4 Å². The second-order valence-corrected chi connectivity index (χ2v) is 6.16. The highest BCUT2D eigenvalue weighted by Crippen LogP contribution is 2.26. The van der Waals surface area contributed by atoms with Crippen LogP contribution in [0.2, 0.25) is 0 Å². The molecule has 122 valence electrons. The molecule has 1 aromatic rings. The van der Waals surface area contributed by atoms with E-state index in [2.05, 4.69) is 10.6 Å². The zero-order valence-corrected chi connectivity index (χ0v) is 13.6. The molecular formula is C17H25ClN2O2. The molecule has 5 heteroatoms. The summed E-state index contributed by atoms with van der Waals surface area (Å²) < 4.78 is 5.56. The lowest BCUT2D eigenvalue weighted by atomic mass is 10.00. The number of benzene rings is 1. The minimum absolute atomic E-state index is 0. The predicted molar refractivity (Wildman–Crippen MR) is 89.1 cm³/mol. The normalized spacial score (nSPS) is 26.3. The zero-order valence-electron chi connectivity index (χ0n) is 12.8. The van der Waals surface area contributed by atoms with E-state index in [0.717, 1.165) is 18.4 Å². The molecule has 2 aliphatic heterocycles. The standard InChI is InChI=1S/C17H24N2O2.ClH/c20-17(8-9-21-12-13-4-2-1-3-5-13)19-16-10-14-6-7-15(11-16)18-14;/h1-5,14-16,18H,6-12H2,(H,19,20);1H. The summed E-state index contributed by atoms with van der Waals surface area (Å²) in [7, 11) is 0. The van der Waals surface area contributed by atoms with E-state index in [1.807, 2.05) is 30.3 Å². The molecule has 2 heterocycles. The Hall–Kier alpha value is -1.10. The first-order valence-electron chi connectivity index (χ1n) is 7.96. The van der Waals surface area contributed by atoms with Gasteiger partial charge in [0.15, 0.2) is 0 Å². The molecule has 1 amide bonds. The summed E-state index contributed by atoms with van der Waals surface area (Å²) in [6.45, 7) is 1.06. The van der Waals surface area contributed by atoms with Crippen molar-refractivity contribution in [3.8, 4) is 0 Å². The summed E-state index contributed by atoms with van der Waals surface area (Å²) in [5.74, 6) is 0.120. The first kappa shape index (κ1) is 17.3. The highest BCUT2D eigenvalue weighted by Gasteiger charge is 2.33. The Morgan fingerprint density at radius 1 is 1.18 bits per heavy atom. The molecule has 4 nitrogen and oxygen atoms in total. The van der Waals surface area contributed by atoms with Crippen molar-refractivity contribution < 1.29 is 9.53 Å². The molecule has 0 aromatic heterocycles. The minimum Gasteiger partial charge on any atom is -0.376 e. The van der Waals surface area contributed by atoms with Crippen LogP contribution in [0.3, 0.4) is 0 Å². The van der Waals surface area contributed by atoms with E-state index in [1.165, 1.54) is 12.8 Å². The largest absolute Gasteiger partial charge is 0.376 e. The number of hydrogen-bond acceptors (Lipinski definition) is 3. The maximum absolute atomic E-state index is 11.9. The third-order valence-electron chi connectivity index (χ3n) is 4.42. The highest BCUT2D eigenvalue weighted by molar-refractivity contribution is 5.85. The molecule has 2 N–H and O–H groups in total. The van der Waals surface area contributed by atoms with Crippen LogP contribution in [0.25, 0.3) is 0 Å². The number of rotatable bonds is 6. The van der Waals surface area contributed by atoms with Crippen LogP contribution in [0, 0.1) is 0 Å². The summed E-state index contributed by atoms with van der Waals surface area (Å²) in [6.07, 6.45) is 5.13. The smallest absolute Gasteiger partial charge is 0.222 e. The second kappa shape index (κ2) is 8.51. The van der Waals surface area contributed by atoms with Crippen LogP contribution in [-0.2, 0) is 16.1 Å². The minimum atomic E-state index is 0. The third kappa shape index (κ3) is 4.97. The van der Waals surface area contributed by atoms with Gasteiger partial charge in [-0.05, 0) is 31.2 Å². The highest BCUT2D eigenvalue weighted by atomic mass is 35.5. The van der Waals surface area contributed by atoms with Crippen LogP contribution in [-0.4, -0.2) is 30.6 Å². The molecule has 2 unspecified atom stereocenters. The molecule has 3 rings (SSSR count). The van der Waals surface area contributed by atoms with Gasteiger partial charge < -0.3 is 15.4 Å². The van der Waals surface area contributed by atoms with Crippen molar-refractivity contribution >= 4 is 18.3 Å². The number of piperidine rings is 1. The number of halogens is 1. The van der Waals surface area contributed by atoms with Crippen LogP contribution < -0.4 is 10.6 Å². The van der Waals surface area contributed by atoms with Crippen LogP contribution in [0.1, 0.15) is 37.7 Å². The number of ether oxygens (including phenoxy) is 1. The second-order valence-electron chi connectivity index (χ2n) is 6.16. The lowest BCUT2D eigenvalue weighted by molar-refractivity contribution is -0.123. The van der Waals surface area contributed by atoms with Crippen LogP contribution in [0.4, 0.5) is 0 Å². The van der Waals surface area contributed by atoms with Crippen LogP contribution in [0.15, 0.2) is 30.3 Å². The van der Waals surface area contributed by atoms with Crippen molar-refractivity contribution in [2.75, 3.05) is 6.61 Å². The van der Waals surface area contributed by atoms with Gasteiger partial charge in [0.05, 0.1) is 13.2 Å². The molecule has 2 saturated heterocycles. The molecule has 2 bridgehead atoms. The molecule has 0 saturated carbocycles. The van der Waals surface area contributed by atoms with Crippen molar-refractivity contribution in [1.29, 1.82) is 0 Å². The van der Waals surface area contributed by atoms with Crippen LogP contribution in [0.5, 0.6) is 0 Å². The summed E-state index contributed by atoms with van der Waals surface area (Å²) in [5.41, 5.74) is 1.15. The lowest BCUT2D eigenvalue weighted by Gasteiger charge is -2.29. The first-order valence-corrected chi connectivity index (χ1v) is 7.96. The Morgan fingerprint density at radius 3 is 2.55 bits per heavy atom. The molecule has 0 spiro atoms. The van der Waals surface area contributed by atoms with Crippen LogP contribution >= 0.6 is 12.4 Å². The predicted octanol–water partition coefficient (Wildman–Crippen LogP) is 2.41. The SMILES string of the molecule is Cl.O=C(CCOCc1ccccc1)NC1CC2CCC(C1)N2. The fourth-order valence-electron chi connectivity index (χ4n) is 3.40. The number of carbonyl (C=O) groups excluding carboxylic acids is 1. The van der Waals surface area contributed by atoms with E-state index in [0.29, 0.717) is 37.8 Å². The third-order valence-corrected chi connectivity index (χ3v) is 4.42. The molecule has 1 aromatic carbocycles. The number of amides is 1. The van der Waals surface area contributed by atoms with Gasteiger partial charge in [-0.1, -0.05) is 30.3 Å². The van der Waals surface area contributed by atoms with E-state index in [1.54, 1.807) is 0 Å². The van der Waals surface area contributed by atoms with Crippen molar-refractivity contribution in [3.05, 3.63) is 35.9 Å². The maximum atomic E-state index is 11.9. The monoisotopic (exact) mass is 324 g/mol. The summed E-state index contributed by atoms with van der Waals surface area (Å²) >= 11 is 0. The Labute approximate surface area is 138 Å². The molecule has 2 fully saturated rings. The zero-order chi connectivity index (χ0) is 14.5. The number of fused-ring (bicyclic) bond motifs is 2. The average molecular weight is 325 g/mol. The van der Waals surface area contributed by atoms with Gasteiger partial charge in [-0.2, -0.15) is 0 Å². The van der Waals surface area contributed by atoms with Gasteiger partial charge in [0.25, 0.3) is 0 Å². The number of nitrogens with one attached hydrogen (secondary N) is 2. The quantitative estimate of drug-likeness (QED) is 0.790. The Kier molecular flexibility index (Phi) is 6.68. The average Bonchev–Trinajstić information content (AvgIpc) is 2.84. The van der Waals surface area contributed by atoms with Crippen molar-refractivity contribution in [2.24, 2.45) is 0 Å². The summed E-state index contributed by atoms with van der Waals surface area (Å²) in [4.78, 5) is 11.9. The first-order chi connectivity index (χ1) is 10.3. The van der Waals surface area contributed by atoms with E-state index in [-0.39, 0.29) is 18.3 Å².